The smallest absolute Gasteiger partial charge is 0.137 e. The third kappa shape index (κ3) is 2.07. The van der Waals surface area contributed by atoms with Crippen LogP contribution in [0.25, 0.3) is 5.65 Å². The average molecular weight is 229 g/mol. The van der Waals surface area contributed by atoms with Gasteiger partial charge in [0.15, 0.2) is 0 Å². The predicted octanol–water partition coefficient (Wildman–Crippen LogP) is 2.84. The van der Waals surface area contributed by atoms with Gasteiger partial charge in [-0.15, -0.1) is 0 Å². The Balaban J connectivity index is 1.95. The van der Waals surface area contributed by atoms with Gasteiger partial charge in [0, 0.05) is 24.9 Å². The molecular weight excluding hydrogens is 210 g/mol. The van der Waals surface area contributed by atoms with Crippen LogP contribution in [0.5, 0.6) is 0 Å². The van der Waals surface area contributed by atoms with E-state index in [4.69, 9.17) is 10.7 Å². The van der Waals surface area contributed by atoms with Gasteiger partial charge in [-0.1, -0.05) is 25.3 Å². The third-order valence-corrected chi connectivity index (χ3v) is 3.79. The summed E-state index contributed by atoms with van der Waals surface area (Å²) in [6, 6.07) is 4.13. The van der Waals surface area contributed by atoms with Crippen molar-refractivity contribution in [2.75, 3.05) is 0 Å². The van der Waals surface area contributed by atoms with Crippen LogP contribution in [0.1, 0.15) is 49.3 Å². The molecule has 0 bridgehead atoms. The van der Waals surface area contributed by atoms with Crippen molar-refractivity contribution in [2.24, 2.45) is 5.73 Å². The highest BCUT2D eigenvalue weighted by Gasteiger charge is 2.18. The maximum atomic E-state index is 5.66. The van der Waals surface area contributed by atoms with Gasteiger partial charge >= 0.3 is 0 Å². The quantitative estimate of drug-likeness (QED) is 0.860. The van der Waals surface area contributed by atoms with Gasteiger partial charge in [0.25, 0.3) is 0 Å². The van der Waals surface area contributed by atoms with Gasteiger partial charge in [0.1, 0.15) is 5.65 Å². The fourth-order valence-corrected chi connectivity index (χ4v) is 2.77. The molecule has 2 N–H and O–H groups in total. The summed E-state index contributed by atoms with van der Waals surface area (Å²) in [6.45, 7) is 0.590. The summed E-state index contributed by atoms with van der Waals surface area (Å²) < 4.78 is 2.12. The van der Waals surface area contributed by atoms with Crippen molar-refractivity contribution in [1.82, 2.24) is 9.38 Å². The maximum absolute atomic E-state index is 5.66. The van der Waals surface area contributed by atoms with Crippen LogP contribution in [-0.4, -0.2) is 9.38 Å². The van der Waals surface area contributed by atoms with Crippen molar-refractivity contribution in [3.63, 3.8) is 0 Å². The van der Waals surface area contributed by atoms with Gasteiger partial charge in [-0.05, 0) is 24.5 Å². The van der Waals surface area contributed by atoms with Gasteiger partial charge in [0.05, 0.1) is 5.69 Å². The first-order valence-corrected chi connectivity index (χ1v) is 6.54. The maximum Gasteiger partial charge on any atom is 0.137 e. The van der Waals surface area contributed by atoms with Gasteiger partial charge < -0.3 is 10.1 Å². The molecule has 2 heterocycles. The fraction of sp³-hybridized carbons (Fsp3) is 0.500. The summed E-state index contributed by atoms with van der Waals surface area (Å²) in [5.41, 5.74) is 9.12. The molecule has 0 radical (unpaired) electrons. The first-order valence-electron chi connectivity index (χ1n) is 6.54. The molecule has 0 atom stereocenters. The second-order valence-electron chi connectivity index (χ2n) is 5.01. The second-order valence-corrected chi connectivity index (χ2v) is 5.01. The zero-order valence-electron chi connectivity index (χ0n) is 10.1. The van der Waals surface area contributed by atoms with Crippen molar-refractivity contribution in [2.45, 2.75) is 44.6 Å². The SMILES string of the molecule is NCc1ccc2nc(C3CCCCC3)cn2c1. The van der Waals surface area contributed by atoms with Crippen molar-refractivity contribution in [3.8, 4) is 0 Å². The minimum atomic E-state index is 0.590. The largest absolute Gasteiger partial charge is 0.326 e. The molecule has 3 nitrogen and oxygen atoms in total. The first-order chi connectivity index (χ1) is 8.36. The Bertz CT molecular complexity index is 509. The van der Waals surface area contributed by atoms with Gasteiger partial charge in [-0.2, -0.15) is 0 Å². The molecule has 17 heavy (non-hydrogen) atoms. The minimum absolute atomic E-state index is 0.590. The van der Waals surface area contributed by atoms with Crippen LogP contribution in [0.3, 0.4) is 0 Å². The molecular formula is C14H19N3. The van der Waals surface area contributed by atoms with E-state index in [1.807, 2.05) is 0 Å². The molecule has 0 aromatic carbocycles. The van der Waals surface area contributed by atoms with Gasteiger partial charge in [-0.3, -0.25) is 0 Å². The molecule has 3 rings (SSSR count). The molecule has 2 aromatic heterocycles. The van der Waals surface area contributed by atoms with E-state index in [2.05, 4.69) is 28.9 Å². The van der Waals surface area contributed by atoms with Crippen LogP contribution in [-0.2, 0) is 6.54 Å². The van der Waals surface area contributed by atoms with Crippen molar-refractivity contribution in [1.29, 1.82) is 0 Å². The Hall–Kier alpha value is -1.35. The van der Waals surface area contributed by atoms with Gasteiger partial charge in [-0.25, -0.2) is 4.98 Å². The Kier molecular flexibility index (Phi) is 2.85. The van der Waals surface area contributed by atoms with E-state index in [1.165, 1.54) is 37.8 Å². The number of imidazole rings is 1. The summed E-state index contributed by atoms with van der Waals surface area (Å²) in [5, 5.41) is 0. The molecule has 90 valence electrons. The zero-order chi connectivity index (χ0) is 11.7. The molecule has 0 saturated heterocycles. The van der Waals surface area contributed by atoms with Crippen LogP contribution in [0.15, 0.2) is 24.5 Å². The Morgan fingerprint density at radius 1 is 1.18 bits per heavy atom. The number of rotatable bonds is 2. The average Bonchev–Trinajstić information content (AvgIpc) is 2.82. The number of nitrogens with zero attached hydrogens (tertiary/aromatic N) is 2. The monoisotopic (exact) mass is 229 g/mol. The van der Waals surface area contributed by atoms with E-state index < -0.39 is 0 Å². The van der Waals surface area contributed by atoms with E-state index >= 15 is 0 Å². The molecule has 1 aliphatic carbocycles. The van der Waals surface area contributed by atoms with Crippen molar-refractivity contribution >= 4 is 5.65 Å². The lowest BCUT2D eigenvalue weighted by molar-refractivity contribution is 0.438. The number of hydrogen-bond donors (Lipinski definition) is 1. The summed E-state index contributed by atoms with van der Waals surface area (Å²) in [4.78, 5) is 4.73. The normalized spacial score (nSPS) is 17.7. The first kappa shape index (κ1) is 10.8. The van der Waals surface area contributed by atoms with E-state index in [-0.39, 0.29) is 0 Å². The molecule has 0 amide bonds. The molecule has 1 fully saturated rings. The number of nitrogens with two attached hydrogens (primary N) is 1. The highest BCUT2D eigenvalue weighted by Crippen LogP contribution is 2.32. The Morgan fingerprint density at radius 3 is 2.76 bits per heavy atom. The number of pyridine rings is 1. The summed E-state index contributed by atoms with van der Waals surface area (Å²) in [5.74, 6) is 0.671. The lowest BCUT2D eigenvalue weighted by Crippen LogP contribution is -2.04. The van der Waals surface area contributed by atoms with Crippen LogP contribution >= 0.6 is 0 Å². The standard InChI is InChI=1S/C14H19N3/c15-8-11-6-7-14-16-13(10-17(14)9-11)12-4-2-1-3-5-12/h6-7,9-10,12H,1-5,8,15H2. The third-order valence-electron chi connectivity index (χ3n) is 3.79. The summed E-state index contributed by atoms with van der Waals surface area (Å²) >= 11 is 0. The van der Waals surface area contributed by atoms with Crippen LogP contribution < -0.4 is 5.73 Å². The zero-order valence-corrected chi connectivity index (χ0v) is 10.1. The second kappa shape index (κ2) is 4.49. The molecule has 2 aromatic rings. The Morgan fingerprint density at radius 2 is 2.00 bits per heavy atom. The minimum Gasteiger partial charge on any atom is -0.326 e. The van der Waals surface area contributed by atoms with E-state index in [1.54, 1.807) is 0 Å². The highest BCUT2D eigenvalue weighted by atomic mass is 15.0. The summed E-state index contributed by atoms with van der Waals surface area (Å²) in [6.07, 6.45) is 11.0. The van der Waals surface area contributed by atoms with E-state index in [0.717, 1.165) is 11.2 Å². The fourth-order valence-electron chi connectivity index (χ4n) is 2.77. The van der Waals surface area contributed by atoms with E-state index in [0.29, 0.717) is 12.5 Å². The molecule has 0 aliphatic heterocycles. The number of fused-ring (bicyclic) bond motifs is 1. The van der Waals surface area contributed by atoms with Crippen molar-refractivity contribution < 1.29 is 0 Å². The topological polar surface area (TPSA) is 43.3 Å². The lowest BCUT2D eigenvalue weighted by Gasteiger charge is -2.19. The molecule has 1 saturated carbocycles. The van der Waals surface area contributed by atoms with Crippen molar-refractivity contribution in [3.05, 3.63) is 35.8 Å². The lowest BCUT2D eigenvalue weighted by atomic mass is 9.87. The highest BCUT2D eigenvalue weighted by molar-refractivity contribution is 5.42. The van der Waals surface area contributed by atoms with Crippen LogP contribution in [0.4, 0.5) is 0 Å². The summed E-state index contributed by atoms with van der Waals surface area (Å²) in [7, 11) is 0. The van der Waals surface area contributed by atoms with Gasteiger partial charge in [0.2, 0.25) is 0 Å². The predicted molar refractivity (Wildman–Crippen MR) is 68.9 cm³/mol. The van der Waals surface area contributed by atoms with E-state index in [9.17, 15) is 0 Å². The number of hydrogen-bond acceptors (Lipinski definition) is 2. The van der Waals surface area contributed by atoms with Crippen LogP contribution in [0.2, 0.25) is 0 Å². The number of aromatic nitrogens is 2. The van der Waals surface area contributed by atoms with Crippen LogP contribution in [0, 0.1) is 0 Å². The molecule has 0 unspecified atom stereocenters. The molecule has 0 spiro atoms. The Labute approximate surface area is 102 Å². The molecule has 1 aliphatic rings. The molecule has 3 heteroatoms.